The molecule has 0 saturated heterocycles. The average Bonchev–Trinajstić information content (AvgIpc) is 2.18. The van der Waals surface area contributed by atoms with E-state index in [1.54, 1.807) is 11.8 Å². The number of hydrogen-bond acceptors (Lipinski definition) is 3. The number of carbonyl (C=O) groups is 1. The van der Waals surface area contributed by atoms with Gasteiger partial charge in [-0.1, -0.05) is 26.7 Å². The zero-order valence-electron chi connectivity index (χ0n) is 9.54. The SMILES string of the molecule is CCCCOC(=O)C(C)SCCCC. The first-order valence-electron chi connectivity index (χ1n) is 5.50. The summed E-state index contributed by atoms with van der Waals surface area (Å²) in [4.78, 5) is 11.4. The van der Waals surface area contributed by atoms with Gasteiger partial charge in [0.25, 0.3) is 0 Å². The standard InChI is InChI=1S/C11H22O2S/c1-4-6-8-13-11(12)10(3)14-9-7-5-2/h10H,4-9H2,1-3H3. The molecule has 1 unspecified atom stereocenters. The lowest BCUT2D eigenvalue weighted by atomic mass is 10.4. The molecule has 2 nitrogen and oxygen atoms in total. The molecule has 0 saturated carbocycles. The van der Waals surface area contributed by atoms with Crippen LogP contribution in [0.25, 0.3) is 0 Å². The maximum absolute atomic E-state index is 11.4. The van der Waals surface area contributed by atoms with Crippen molar-refractivity contribution in [2.45, 2.75) is 51.7 Å². The highest BCUT2D eigenvalue weighted by Gasteiger charge is 2.13. The normalized spacial score (nSPS) is 12.5. The molecule has 0 aromatic heterocycles. The van der Waals surface area contributed by atoms with Gasteiger partial charge in [-0.15, -0.1) is 11.8 Å². The van der Waals surface area contributed by atoms with Crippen molar-refractivity contribution in [2.24, 2.45) is 0 Å². The highest BCUT2D eigenvalue weighted by atomic mass is 32.2. The van der Waals surface area contributed by atoms with Crippen LogP contribution in [0.3, 0.4) is 0 Å². The van der Waals surface area contributed by atoms with Gasteiger partial charge in [-0.25, -0.2) is 0 Å². The van der Waals surface area contributed by atoms with Gasteiger partial charge >= 0.3 is 5.97 Å². The van der Waals surface area contributed by atoms with Crippen molar-refractivity contribution < 1.29 is 9.53 Å². The highest BCUT2D eigenvalue weighted by Crippen LogP contribution is 2.14. The first kappa shape index (κ1) is 13.8. The van der Waals surface area contributed by atoms with Crippen molar-refractivity contribution in [1.29, 1.82) is 0 Å². The van der Waals surface area contributed by atoms with Gasteiger partial charge in [-0.2, -0.15) is 0 Å². The van der Waals surface area contributed by atoms with Crippen LogP contribution in [0.1, 0.15) is 46.5 Å². The fraction of sp³-hybridized carbons (Fsp3) is 0.909. The molecule has 3 heteroatoms. The van der Waals surface area contributed by atoms with Crippen LogP contribution in [0.15, 0.2) is 0 Å². The predicted molar refractivity (Wildman–Crippen MR) is 62.7 cm³/mol. The monoisotopic (exact) mass is 218 g/mol. The molecule has 0 heterocycles. The van der Waals surface area contributed by atoms with E-state index in [1.807, 2.05) is 6.92 Å². The maximum atomic E-state index is 11.4. The van der Waals surface area contributed by atoms with Gasteiger partial charge in [0.05, 0.1) is 11.9 Å². The Labute approximate surface area is 91.8 Å². The maximum Gasteiger partial charge on any atom is 0.318 e. The van der Waals surface area contributed by atoms with Crippen LogP contribution in [0.5, 0.6) is 0 Å². The quantitative estimate of drug-likeness (QED) is 0.462. The van der Waals surface area contributed by atoms with E-state index < -0.39 is 0 Å². The third kappa shape index (κ3) is 7.25. The summed E-state index contributed by atoms with van der Waals surface area (Å²) in [7, 11) is 0. The first-order chi connectivity index (χ1) is 6.72. The van der Waals surface area contributed by atoms with Crippen molar-refractivity contribution in [3.05, 3.63) is 0 Å². The van der Waals surface area contributed by atoms with E-state index in [0.717, 1.165) is 18.6 Å². The van der Waals surface area contributed by atoms with Crippen LogP contribution < -0.4 is 0 Å². The van der Waals surface area contributed by atoms with E-state index in [2.05, 4.69) is 13.8 Å². The van der Waals surface area contributed by atoms with Crippen molar-refractivity contribution in [3.63, 3.8) is 0 Å². The largest absolute Gasteiger partial charge is 0.465 e. The molecule has 0 rings (SSSR count). The summed E-state index contributed by atoms with van der Waals surface area (Å²) in [6.45, 7) is 6.75. The van der Waals surface area contributed by atoms with Gasteiger partial charge in [0, 0.05) is 0 Å². The number of esters is 1. The molecule has 0 N–H and O–H groups in total. The summed E-state index contributed by atoms with van der Waals surface area (Å²) in [5, 5.41) is -0.00148. The van der Waals surface area contributed by atoms with Gasteiger partial charge in [0.2, 0.25) is 0 Å². The Morgan fingerprint density at radius 3 is 2.50 bits per heavy atom. The second kappa shape index (κ2) is 9.38. The third-order valence-electron chi connectivity index (χ3n) is 1.94. The van der Waals surface area contributed by atoms with Crippen LogP contribution in [0.4, 0.5) is 0 Å². The molecular weight excluding hydrogens is 196 g/mol. The molecule has 0 aliphatic carbocycles. The molecule has 0 aromatic rings. The molecule has 0 aliphatic heterocycles. The summed E-state index contributed by atoms with van der Waals surface area (Å²) < 4.78 is 5.12. The number of unbranched alkanes of at least 4 members (excludes halogenated alkanes) is 2. The van der Waals surface area contributed by atoms with Crippen molar-refractivity contribution in [1.82, 2.24) is 0 Å². The highest BCUT2D eigenvalue weighted by molar-refractivity contribution is 8.00. The summed E-state index contributed by atoms with van der Waals surface area (Å²) in [5.41, 5.74) is 0. The van der Waals surface area contributed by atoms with Gasteiger partial charge in [0.1, 0.15) is 0 Å². The van der Waals surface area contributed by atoms with Crippen LogP contribution in [-0.2, 0) is 9.53 Å². The lowest BCUT2D eigenvalue weighted by molar-refractivity contribution is -0.142. The van der Waals surface area contributed by atoms with Gasteiger partial charge in [-0.3, -0.25) is 4.79 Å². The second-order valence-electron chi connectivity index (χ2n) is 3.39. The minimum Gasteiger partial charge on any atom is -0.465 e. The lowest BCUT2D eigenvalue weighted by Crippen LogP contribution is -2.17. The molecule has 0 aromatic carbocycles. The van der Waals surface area contributed by atoms with E-state index in [9.17, 15) is 4.79 Å². The Morgan fingerprint density at radius 2 is 1.93 bits per heavy atom. The Morgan fingerprint density at radius 1 is 1.29 bits per heavy atom. The second-order valence-corrected chi connectivity index (χ2v) is 4.84. The van der Waals surface area contributed by atoms with E-state index in [4.69, 9.17) is 4.74 Å². The Hall–Kier alpha value is -0.180. The molecular formula is C11H22O2S. The summed E-state index contributed by atoms with van der Waals surface area (Å²) in [6, 6.07) is 0. The molecule has 0 bridgehead atoms. The molecule has 0 aliphatic rings. The number of ether oxygens (including phenoxy) is 1. The molecule has 84 valence electrons. The fourth-order valence-corrected chi connectivity index (χ4v) is 1.92. The topological polar surface area (TPSA) is 26.3 Å². The number of rotatable bonds is 8. The smallest absolute Gasteiger partial charge is 0.318 e. The average molecular weight is 218 g/mol. The fourth-order valence-electron chi connectivity index (χ4n) is 0.907. The molecule has 1 atom stereocenters. The Bertz CT molecular complexity index is 148. The summed E-state index contributed by atoms with van der Waals surface area (Å²) in [6.07, 6.45) is 4.41. The van der Waals surface area contributed by atoms with Crippen LogP contribution in [-0.4, -0.2) is 23.6 Å². The molecule has 0 fully saturated rings. The number of hydrogen-bond donors (Lipinski definition) is 0. The third-order valence-corrected chi connectivity index (χ3v) is 3.16. The zero-order chi connectivity index (χ0) is 10.8. The van der Waals surface area contributed by atoms with Crippen molar-refractivity contribution >= 4 is 17.7 Å². The summed E-state index contributed by atoms with van der Waals surface area (Å²) in [5.74, 6) is 1.00. The lowest BCUT2D eigenvalue weighted by Gasteiger charge is -2.10. The van der Waals surface area contributed by atoms with Gasteiger partial charge < -0.3 is 4.74 Å². The molecule has 0 spiro atoms. The van der Waals surface area contributed by atoms with Crippen molar-refractivity contribution in [3.8, 4) is 0 Å². The van der Waals surface area contributed by atoms with E-state index in [0.29, 0.717) is 6.61 Å². The van der Waals surface area contributed by atoms with E-state index >= 15 is 0 Å². The minimum absolute atomic E-state index is 0.00148. The van der Waals surface area contributed by atoms with Crippen LogP contribution in [0.2, 0.25) is 0 Å². The molecule has 14 heavy (non-hydrogen) atoms. The molecule has 0 radical (unpaired) electrons. The number of carbonyl (C=O) groups excluding carboxylic acids is 1. The Kier molecular flexibility index (Phi) is 9.26. The van der Waals surface area contributed by atoms with E-state index in [-0.39, 0.29) is 11.2 Å². The molecule has 0 amide bonds. The van der Waals surface area contributed by atoms with Crippen LogP contribution >= 0.6 is 11.8 Å². The van der Waals surface area contributed by atoms with Gasteiger partial charge in [0.15, 0.2) is 0 Å². The zero-order valence-corrected chi connectivity index (χ0v) is 10.4. The van der Waals surface area contributed by atoms with Gasteiger partial charge in [-0.05, 0) is 25.5 Å². The number of thioether (sulfide) groups is 1. The van der Waals surface area contributed by atoms with Crippen LogP contribution in [0, 0.1) is 0 Å². The minimum atomic E-state index is -0.0560. The Balaban J connectivity index is 3.44. The first-order valence-corrected chi connectivity index (χ1v) is 6.55. The van der Waals surface area contributed by atoms with Crippen molar-refractivity contribution in [2.75, 3.05) is 12.4 Å². The predicted octanol–water partition coefficient (Wildman–Crippen LogP) is 3.25. The summed E-state index contributed by atoms with van der Waals surface area (Å²) >= 11 is 1.69. The van der Waals surface area contributed by atoms with E-state index in [1.165, 1.54) is 12.8 Å².